The zero-order chi connectivity index (χ0) is 21.3. The van der Waals surface area contributed by atoms with Gasteiger partial charge in [0.05, 0.1) is 12.0 Å². The molecule has 0 bridgehead atoms. The van der Waals surface area contributed by atoms with Gasteiger partial charge in [0.1, 0.15) is 15.7 Å². The number of rotatable bonds is 5. The summed E-state index contributed by atoms with van der Waals surface area (Å²) in [5, 5.41) is 1.95. The molecule has 3 heterocycles. The number of amides is 2. The van der Waals surface area contributed by atoms with E-state index in [1.54, 1.807) is 17.4 Å². The van der Waals surface area contributed by atoms with Gasteiger partial charge in [-0.05, 0) is 42.9 Å². The Kier molecular flexibility index (Phi) is 6.10. The molecule has 0 spiro atoms. The molecule has 0 unspecified atom stereocenters. The van der Waals surface area contributed by atoms with Crippen LogP contribution in [0.15, 0.2) is 27.8 Å². The van der Waals surface area contributed by atoms with E-state index in [1.807, 2.05) is 0 Å². The Morgan fingerprint density at radius 1 is 1.33 bits per heavy atom. The van der Waals surface area contributed by atoms with Crippen LogP contribution in [-0.4, -0.2) is 27.5 Å². The van der Waals surface area contributed by atoms with Crippen LogP contribution in [-0.2, 0) is 17.6 Å². The van der Waals surface area contributed by atoms with E-state index in [4.69, 9.17) is 14.4 Å². The number of hydrogen-bond donors (Lipinski definition) is 2. The van der Waals surface area contributed by atoms with Gasteiger partial charge in [0.15, 0.2) is 5.76 Å². The maximum atomic E-state index is 12.3. The first-order valence-corrected chi connectivity index (χ1v) is 11.8. The topological polar surface area (TPSA) is 97.1 Å². The third kappa shape index (κ3) is 4.37. The number of thiophene rings is 1. The molecule has 7 nitrogen and oxygen atoms in total. The van der Waals surface area contributed by atoms with Crippen molar-refractivity contribution in [2.45, 2.75) is 51.0 Å². The van der Waals surface area contributed by atoms with E-state index >= 15 is 0 Å². The fraction of sp³-hybridized carbons (Fsp3) is 0.429. The Hall–Kier alpha value is -2.39. The highest BCUT2D eigenvalue weighted by Crippen LogP contribution is 2.41. The largest absolute Gasteiger partial charge is 0.459 e. The predicted molar refractivity (Wildman–Crippen MR) is 118 cm³/mol. The summed E-state index contributed by atoms with van der Waals surface area (Å²) in [6, 6.07) is 3.14. The van der Waals surface area contributed by atoms with Crippen molar-refractivity contribution < 1.29 is 14.0 Å². The first kappa shape index (κ1) is 20.9. The first-order valence-electron chi connectivity index (χ1n) is 10.00. The van der Waals surface area contributed by atoms with Crippen LogP contribution < -0.4 is 10.9 Å². The van der Waals surface area contributed by atoms with Crippen LogP contribution in [0, 0.1) is 5.92 Å². The Morgan fingerprint density at radius 3 is 2.90 bits per heavy atom. The summed E-state index contributed by atoms with van der Waals surface area (Å²) in [5.74, 6) is 1.16. The van der Waals surface area contributed by atoms with E-state index in [0.29, 0.717) is 5.92 Å². The van der Waals surface area contributed by atoms with Crippen LogP contribution in [0.2, 0.25) is 0 Å². The van der Waals surface area contributed by atoms with Gasteiger partial charge in [-0.25, -0.2) is 9.97 Å². The molecular weight excluding hydrogens is 420 g/mol. The molecule has 4 rings (SSSR count). The second kappa shape index (κ2) is 8.77. The highest BCUT2D eigenvalue weighted by Gasteiger charge is 2.25. The lowest BCUT2D eigenvalue weighted by atomic mass is 9.89. The van der Waals surface area contributed by atoms with Crippen molar-refractivity contribution in [1.82, 2.24) is 20.8 Å². The molecule has 2 amide bonds. The zero-order valence-electron chi connectivity index (χ0n) is 17.2. The molecule has 9 heteroatoms. The standard InChI is InChI=1S/C21H24N4O3S2/c1-11(2)18-22-20(17-13-7-6-12(3)9-15(13)30-21(17)23-18)29-10-16(26)24-25-19(27)14-5-4-8-28-14/h4-5,8,11-12H,6-7,9-10H2,1-3H3,(H,24,26)(H,25,27)/t12-/m0/s1. The van der Waals surface area contributed by atoms with Crippen LogP contribution in [0.1, 0.15) is 59.9 Å². The number of hydrazine groups is 1. The molecule has 3 aromatic heterocycles. The summed E-state index contributed by atoms with van der Waals surface area (Å²) in [6.07, 6.45) is 4.67. The summed E-state index contributed by atoms with van der Waals surface area (Å²) in [7, 11) is 0. The van der Waals surface area contributed by atoms with Crippen molar-refractivity contribution in [2.24, 2.45) is 5.92 Å². The van der Waals surface area contributed by atoms with E-state index in [9.17, 15) is 9.59 Å². The van der Waals surface area contributed by atoms with Gasteiger partial charge in [0, 0.05) is 16.2 Å². The van der Waals surface area contributed by atoms with Crippen molar-refractivity contribution in [3.8, 4) is 0 Å². The van der Waals surface area contributed by atoms with Crippen molar-refractivity contribution in [2.75, 3.05) is 5.75 Å². The molecule has 0 fully saturated rings. The Labute approximate surface area is 183 Å². The molecule has 0 saturated heterocycles. The first-order chi connectivity index (χ1) is 14.4. The van der Waals surface area contributed by atoms with Crippen LogP contribution in [0.4, 0.5) is 0 Å². The van der Waals surface area contributed by atoms with Crippen LogP contribution in [0.3, 0.4) is 0 Å². The lowest BCUT2D eigenvalue weighted by Crippen LogP contribution is -2.42. The number of nitrogens with one attached hydrogen (secondary N) is 2. The van der Waals surface area contributed by atoms with Gasteiger partial charge in [-0.3, -0.25) is 20.4 Å². The Morgan fingerprint density at radius 2 is 2.17 bits per heavy atom. The summed E-state index contributed by atoms with van der Waals surface area (Å²) >= 11 is 3.15. The predicted octanol–water partition coefficient (Wildman–Crippen LogP) is 4.09. The molecule has 3 aromatic rings. The summed E-state index contributed by atoms with van der Waals surface area (Å²) in [6.45, 7) is 6.43. The third-order valence-electron chi connectivity index (χ3n) is 5.06. The van der Waals surface area contributed by atoms with E-state index < -0.39 is 5.91 Å². The average Bonchev–Trinajstić information content (AvgIpc) is 3.37. The van der Waals surface area contributed by atoms with E-state index in [0.717, 1.165) is 40.3 Å². The Bertz CT molecular complexity index is 1080. The van der Waals surface area contributed by atoms with Crippen molar-refractivity contribution >= 4 is 45.1 Å². The fourth-order valence-electron chi connectivity index (χ4n) is 3.45. The fourth-order valence-corrected chi connectivity index (χ4v) is 5.77. The van der Waals surface area contributed by atoms with E-state index in [2.05, 4.69) is 31.6 Å². The zero-order valence-corrected chi connectivity index (χ0v) is 18.8. The molecular formula is C21H24N4O3S2. The molecule has 0 saturated carbocycles. The average molecular weight is 445 g/mol. The highest BCUT2D eigenvalue weighted by atomic mass is 32.2. The molecule has 1 aliphatic carbocycles. The molecule has 0 aromatic carbocycles. The molecule has 1 atom stereocenters. The van der Waals surface area contributed by atoms with Gasteiger partial charge < -0.3 is 4.42 Å². The van der Waals surface area contributed by atoms with E-state index in [-0.39, 0.29) is 23.3 Å². The number of carbonyl (C=O) groups is 2. The number of nitrogens with zero attached hydrogens (tertiary/aromatic N) is 2. The normalized spacial score (nSPS) is 15.9. The van der Waals surface area contributed by atoms with Crippen LogP contribution in [0.25, 0.3) is 10.2 Å². The van der Waals surface area contributed by atoms with Gasteiger partial charge in [0.25, 0.3) is 0 Å². The van der Waals surface area contributed by atoms with Crippen LogP contribution in [0.5, 0.6) is 0 Å². The lowest BCUT2D eigenvalue weighted by Gasteiger charge is -2.18. The molecule has 0 aliphatic heterocycles. The minimum absolute atomic E-state index is 0.140. The second-order valence-electron chi connectivity index (χ2n) is 7.84. The summed E-state index contributed by atoms with van der Waals surface area (Å²) < 4.78 is 5.01. The van der Waals surface area contributed by atoms with Gasteiger partial charge in [0.2, 0.25) is 5.91 Å². The van der Waals surface area contributed by atoms with Crippen LogP contribution >= 0.6 is 23.1 Å². The quantitative estimate of drug-likeness (QED) is 0.350. The van der Waals surface area contributed by atoms with E-state index in [1.165, 1.54) is 34.5 Å². The maximum absolute atomic E-state index is 12.3. The summed E-state index contributed by atoms with van der Waals surface area (Å²) in [4.78, 5) is 36.2. The number of carbonyl (C=O) groups excluding carboxylic acids is 2. The Balaban J connectivity index is 1.51. The van der Waals surface area contributed by atoms with Crippen molar-refractivity contribution in [3.05, 3.63) is 40.4 Å². The number of hydrogen-bond acceptors (Lipinski definition) is 7. The second-order valence-corrected chi connectivity index (χ2v) is 9.89. The number of fused-ring (bicyclic) bond motifs is 3. The molecule has 1 aliphatic rings. The highest BCUT2D eigenvalue weighted by molar-refractivity contribution is 8.00. The molecule has 0 radical (unpaired) electrons. The van der Waals surface area contributed by atoms with Crippen molar-refractivity contribution in [3.63, 3.8) is 0 Å². The molecule has 30 heavy (non-hydrogen) atoms. The molecule has 2 N–H and O–H groups in total. The number of aromatic nitrogens is 2. The smallest absolute Gasteiger partial charge is 0.305 e. The number of furan rings is 1. The maximum Gasteiger partial charge on any atom is 0.305 e. The van der Waals surface area contributed by atoms with Crippen molar-refractivity contribution in [1.29, 1.82) is 0 Å². The third-order valence-corrected chi connectivity index (χ3v) is 7.18. The van der Waals surface area contributed by atoms with Gasteiger partial charge in [-0.2, -0.15) is 0 Å². The van der Waals surface area contributed by atoms with Gasteiger partial charge in [-0.15, -0.1) is 11.3 Å². The number of aryl methyl sites for hydroxylation is 1. The SMILES string of the molecule is CC(C)c1nc(SCC(=O)NNC(=O)c2ccco2)c2c3c(sc2n1)C[C@@H](C)CC3. The number of thioether (sulfide) groups is 1. The minimum atomic E-state index is -0.495. The monoisotopic (exact) mass is 444 g/mol. The van der Waals surface area contributed by atoms with Gasteiger partial charge in [-0.1, -0.05) is 32.5 Å². The molecule has 158 valence electrons. The minimum Gasteiger partial charge on any atom is -0.459 e. The lowest BCUT2D eigenvalue weighted by molar-refractivity contribution is -0.119. The summed E-state index contributed by atoms with van der Waals surface area (Å²) in [5.41, 5.74) is 6.13. The van der Waals surface area contributed by atoms with Gasteiger partial charge >= 0.3 is 5.91 Å².